The molecule has 0 spiro atoms. The van der Waals surface area contributed by atoms with Crippen molar-refractivity contribution in [2.45, 2.75) is 26.1 Å². The molecule has 124 valence electrons. The Bertz CT molecular complexity index is 600. The van der Waals surface area contributed by atoms with E-state index in [1.165, 1.54) is 0 Å². The van der Waals surface area contributed by atoms with Crippen LogP contribution in [-0.4, -0.2) is 35.5 Å². The molecule has 0 bridgehead atoms. The molecule has 0 heterocycles. The van der Waals surface area contributed by atoms with Gasteiger partial charge in [0.2, 0.25) is 0 Å². The van der Waals surface area contributed by atoms with Gasteiger partial charge in [-0.1, -0.05) is 18.2 Å². The maximum absolute atomic E-state index is 9.49. The van der Waals surface area contributed by atoms with E-state index >= 15 is 0 Å². The molecular formula is C18H25N3O2. The Hall–Kier alpha value is -2.24. The van der Waals surface area contributed by atoms with E-state index in [0.29, 0.717) is 13.1 Å². The number of hydrogen-bond acceptors (Lipinski definition) is 5. The zero-order valence-electron chi connectivity index (χ0n) is 13.6. The van der Waals surface area contributed by atoms with Crippen LogP contribution in [0.2, 0.25) is 0 Å². The molecule has 5 heteroatoms. The summed E-state index contributed by atoms with van der Waals surface area (Å²) in [5, 5.41) is 28.7. The first-order valence-corrected chi connectivity index (χ1v) is 7.84. The molecule has 0 aliphatic heterocycles. The maximum Gasteiger partial charge on any atom is 0.0684 e. The Morgan fingerprint density at radius 1 is 0.783 bits per heavy atom. The topological polar surface area (TPSA) is 76.5 Å². The molecule has 0 saturated carbocycles. The summed E-state index contributed by atoms with van der Waals surface area (Å²) in [7, 11) is 0. The number of benzene rings is 2. The van der Waals surface area contributed by atoms with Crippen molar-refractivity contribution in [1.82, 2.24) is 0 Å². The highest BCUT2D eigenvalue weighted by molar-refractivity contribution is 5.76. The molecule has 2 rings (SSSR count). The fraction of sp³-hybridized carbons (Fsp3) is 0.333. The van der Waals surface area contributed by atoms with Crippen molar-refractivity contribution in [2.75, 3.05) is 29.0 Å². The lowest BCUT2D eigenvalue weighted by Gasteiger charge is -2.17. The van der Waals surface area contributed by atoms with Gasteiger partial charge in [0, 0.05) is 24.5 Å². The van der Waals surface area contributed by atoms with Crippen LogP contribution >= 0.6 is 0 Å². The Labute approximate surface area is 137 Å². The van der Waals surface area contributed by atoms with Crippen molar-refractivity contribution >= 4 is 22.7 Å². The number of nitrogens with one attached hydrogen (secondary N) is 3. The second-order valence-corrected chi connectivity index (χ2v) is 5.71. The van der Waals surface area contributed by atoms with Crippen LogP contribution < -0.4 is 16.0 Å². The van der Waals surface area contributed by atoms with Gasteiger partial charge in [0.05, 0.1) is 23.6 Å². The number of para-hydroxylation sites is 1. The lowest BCUT2D eigenvalue weighted by atomic mass is 10.2. The molecule has 0 aliphatic carbocycles. The van der Waals surface area contributed by atoms with Gasteiger partial charge in [-0.25, -0.2) is 0 Å². The van der Waals surface area contributed by atoms with Crippen LogP contribution in [-0.2, 0) is 0 Å². The summed E-state index contributed by atoms with van der Waals surface area (Å²) in [6.07, 6.45) is -0.868. The van der Waals surface area contributed by atoms with E-state index in [0.717, 1.165) is 22.7 Å². The SMILES string of the molecule is CC(O)CNc1ccc(Nc2ccccc2)cc1NCC(C)O. The van der Waals surface area contributed by atoms with Gasteiger partial charge in [0.15, 0.2) is 0 Å². The second-order valence-electron chi connectivity index (χ2n) is 5.71. The van der Waals surface area contributed by atoms with Gasteiger partial charge in [0.1, 0.15) is 0 Å². The summed E-state index contributed by atoms with van der Waals surface area (Å²) < 4.78 is 0. The second kappa shape index (κ2) is 8.41. The Morgan fingerprint density at radius 2 is 1.39 bits per heavy atom. The smallest absolute Gasteiger partial charge is 0.0684 e. The number of hydrogen-bond donors (Lipinski definition) is 5. The van der Waals surface area contributed by atoms with Crippen LogP contribution in [0.1, 0.15) is 13.8 Å². The van der Waals surface area contributed by atoms with Gasteiger partial charge in [-0.2, -0.15) is 0 Å². The van der Waals surface area contributed by atoms with Gasteiger partial charge in [0.25, 0.3) is 0 Å². The first kappa shape index (κ1) is 17.1. The van der Waals surface area contributed by atoms with Gasteiger partial charge in [-0.05, 0) is 44.2 Å². The number of aliphatic hydroxyl groups excluding tert-OH is 2. The number of aliphatic hydroxyl groups is 2. The van der Waals surface area contributed by atoms with Crippen LogP contribution in [0.4, 0.5) is 22.7 Å². The summed E-state index contributed by atoms with van der Waals surface area (Å²) >= 11 is 0. The minimum Gasteiger partial charge on any atom is -0.392 e. The minimum absolute atomic E-state index is 0.429. The molecule has 0 aliphatic rings. The third-order valence-electron chi connectivity index (χ3n) is 3.26. The van der Waals surface area contributed by atoms with Crippen molar-refractivity contribution in [3.8, 4) is 0 Å². The molecule has 0 radical (unpaired) electrons. The van der Waals surface area contributed by atoms with E-state index in [1.54, 1.807) is 13.8 Å². The monoisotopic (exact) mass is 315 g/mol. The maximum atomic E-state index is 9.49. The van der Waals surface area contributed by atoms with Crippen LogP contribution in [0.25, 0.3) is 0 Å². The largest absolute Gasteiger partial charge is 0.392 e. The van der Waals surface area contributed by atoms with Crippen molar-refractivity contribution in [3.05, 3.63) is 48.5 Å². The predicted molar refractivity (Wildman–Crippen MR) is 96.5 cm³/mol. The fourth-order valence-corrected chi connectivity index (χ4v) is 2.13. The van der Waals surface area contributed by atoms with Crippen molar-refractivity contribution in [3.63, 3.8) is 0 Å². The molecule has 2 aromatic rings. The standard InChI is InChI=1S/C18H25N3O2/c1-13(22)11-19-17-9-8-16(10-18(17)20-12-14(2)23)21-15-6-4-3-5-7-15/h3-10,13-14,19-23H,11-12H2,1-2H3. The molecule has 5 N–H and O–H groups in total. The number of anilines is 4. The molecule has 0 fully saturated rings. The predicted octanol–water partition coefficient (Wildman–Crippen LogP) is 3.02. The molecule has 2 aromatic carbocycles. The fourth-order valence-electron chi connectivity index (χ4n) is 2.13. The molecule has 0 aromatic heterocycles. The molecule has 5 nitrogen and oxygen atoms in total. The van der Waals surface area contributed by atoms with E-state index in [9.17, 15) is 10.2 Å². The molecular weight excluding hydrogens is 290 g/mol. The molecule has 0 amide bonds. The summed E-state index contributed by atoms with van der Waals surface area (Å²) in [5.41, 5.74) is 3.74. The Balaban J connectivity index is 2.16. The van der Waals surface area contributed by atoms with E-state index in [4.69, 9.17) is 0 Å². The van der Waals surface area contributed by atoms with Crippen molar-refractivity contribution < 1.29 is 10.2 Å². The van der Waals surface area contributed by atoms with Gasteiger partial charge in [-0.3, -0.25) is 0 Å². The molecule has 2 atom stereocenters. The van der Waals surface area contributed by atoms with Crippen molar-refractivity contribution in [2.24, 2.45) is 0 Å². The number of rotatable bonds is 8. The van der Waals surface area contributed by atoms with Gasteiger partial charge in [-0.15, -0.1) is 0 Å². The van der Waals surface area contributed by atoms with E-state index in [1.807, 2.05) is 48.5 Å². The van der Waals surface area contributed by atoms with Crippen molar-refractivity contribution in [1.29, 1.82) is 0 Å². The third kappa shape index (κ3) is 5.81. The summed E-state index contributed by atoms with van der Waals surface area (Å²) in [6.45, 7) is 4.40. The summed E-state index contributed by atoms with van der Waals surface area (Å²) in [6, 6.07) is 15.9. The van der Waals surface area contributed by atoms with Crippen LogP contribution in [0.3, 0.4) is 0 Å². The first-order valence-electron chi connectivity index (χ1n) is 7.84. The zero-order chi connectivity index (χ0) is 16.7. The highest BCUT2D eigenvalue weighted by Crippen LogP contribution is 2.27. The molecule has 23 heavy (non-hydrogen) atoms. The zero-order valence-corrected chi connectivity index (χ0v) is 13.6. The Morgan fingerprint density at radius 3 is 2.00 bits per heavy atom. The molecule has 2 unspecified atom stereocenters. The lowest BCUT2D eigenvalue weighted by molar-refractivity contribution is 0.207. The van der Waals surface area contributed by atoms with Gasteiger partial charge >= 0.3 is 0 Å². The van der Waals surface area contributed by atoms with Crippen LogP contribution in [0.15, 0.2) is 48.5 Å². The van der Waals surface area contributed by atoms with E-state index in [2.05, 4.69) is 16.0 Å². The summed E-state index contributed by atoms with van der Waals surface area (Å²) in [5.74, 6) is 0. The highest BCUT2D eigenvalue weighted by atomic mass is 16.3. The van der Waals surface area contributed by atoms with Crippen LogP contribution in [0, 0.1) is 0 Å². The quantitative estimate of drug-likeness (QED) is 0.518. The first-order chi connectivity index (χ1) is 11.0. The Kier molecular flexibility index (Phi) is 6.26. The van der Waals surface area contributed by atoms with E-state index in [-0.39, 0.29) is 0 Å². The highest BCUT2D eigenvalue weighted by Gasteiger charge is 2.06. The third-order valence-corrected chi connectivity index (χ3v) is 3.26. The average Bonchev–Trinajstić information content (AvgIpc) is 2.52. The lowest BCUT2D eigenvalue weighted by Crippen LogP contribution is -2.19. The minimum atomic E-state index is -0.439. The average molecular weight is 315 g/mol. The molecule has 0 saturated heterocycles. The normalized spacial score (nSPS) is 13.2. The van der Waals surface area contributed by atoms with Gasteiger partial charge < -0.3 is 26.2 Å². The van der Waals surface area contributed by atoms with E-state index < -0.39 is 12.2 Å². The van der Waals surface area contributed by atoms with Crippen LogP contribution in [0.5, 0.6) is 0 Å². The summed E-state index contributed by atoms with van der Waals surface area (Å²) in [4.78, 5) is 0.